The van der Waals surface area contributed by atoms with Crippen LogP contribution in [-0.2, 0) is 11.3 Å². The molecule has 1 heterocycles. The minimum atomic E-state index is -0.106. The Hall–Kier alpha value is -1.13. The van der Waals surface area contributed by atoms with E-state index in [9.17, 15) is 4.39 Å². The second-order valence-corrected chi connectivity index (χ2v) is 5.62. The summed E-state index contributed by atoms with van der Waals surface area (Å²) in [4.78, 5) is 2.16. The molecule has 112 valence electrons. The van der Waals surface area contributed by atoms with E-state index in [-0.39, 0.29) is 5.82 Å². The van der Waals surface area contributed by atoms with Crippen LogP contribution in [0.5, 0.6) is 0 Å². The second kappa shape index (κ2) is 7.60. The summed E-state index contributed by atoms with van der Waals surface area (Å²) in [7, 11) is 1.68. The number of hydrogen-bond acceptors (Lipinski definition) is 3. The molecule has 1 fully saturated rings. The van der Waals surface area contributed by atoms with Gasteiger partial charge in [-0.1, -0.05) is 13.0 Å². The summed E-state index contributed by atoms with van der Waals surface area (Å²) in [6.45, 7) is 6.32. The van der Waals surface area contributed by atoms with E-state index >= 15 is 0 Å². The predicted molar refractivity (Wildman–Crippen MR) is 80.6 cm³/mol. The van der Waals surface area contributed by atoms with E-state index in [0.29, 0.717) is 13.2 Å². The zero-order chi connectivity index (χ0) is 14.4. The van der Waals surface area contributed by atoms with Gasteiger partial charge in [0.15, 0.2) is 0 Å². The van der Waals surface area contributed by atoms with Crippen LogP contribution in [0, 0.1) is 11.7 Å². The normalized spacial score (nSPS) is 16.6. The molecule has 0 spiro atoms. The van der Waals surface area contributed by atoms with Crippen LogP contribution in [0.25, 0.3) is 0 Å². The summed E-state index contributed by atoms with van der Waals surface area (Å²) in [5.74, 6) is 0.657. The van der Waals surface area contributed by atoms with Crippen molar-refractivity contribution in [2.75, 3.05) is 38.3 Å². The van der Waals surface area contributed by atoms with Crippen molar-refractivity contribution in [2.45, 2.75) is 26.3 Å². The lowest BCUT2D eigenvalue weighted by atomic mass is 9.98. The first-order valence-electron chi connectivity index (χ1n) is 7.43. The van der Waals surface area contributed by atoms with Crippen LogP contribution in [0.4, 0.5) is 10.1 Å². The van der Waals surface area contributed by atoms with Gasteiger partial charge in [0.2, 0.25) is 0 Å². The summed E-state index contributed by atoms with van der Waals surface area (Å²) >= 11 is 0. The molecule has 0 aromatic heterocycles. The lowest BCUT2D eigenvalue weighted by Crippen LogP contribution is -2.33. The summed E-state index contributed by atoms with van der Waals surface area (Å²) in [6, 6.07) is 5.57. The van der Waals surface area contributed by atoms with E-state index < -0.39 is 0 Å². The Bertz CT molecular complexity index is 417. The van der Waals surface area contributed by atoms with Gasteiger partial charge in [-0.25, -0.2) is 4.39 Å². The number of methoxy groups -OCH3 is 1. The van der Waals surface area contributed by atoms with Gasteiger partial charge in [0.25, 0.3) is 0 Å². The molecule has 1 aromatic rings. The molecular weight excluding hydrogens is 255 g/mol. The quantitative estimate of drug-likeness (QED) is 0.811. The van der Waals surface area contributed by atoms with Crippen molar-refractivity contribution >= 4 is 5.69 Å². The molecule has 1 aliphatic heterocycles. The van der Waals surface area contributed by atoms with E-state index in [1.807, 2.05) is 12.1 Å². The highest BCUT2D eigenvalue weighted by Crippen LogP contribution is 2.26. The Labute approximate surface area is 121 Å². The van der Waals surface area contributed by atoms with Crippen LogP contribution in [0.2, 0.25) is 0 Å². The molecule has 3 nitrogen and oxygen atoms in total. The van der Waals surface area contributed by atoms with Crippen molar-refractivity contribution in [3.05, 3.63) is 29.6 Å². The van der Waals surface area contributed by atoms with E-state index in [2.05, 4.69) is 17.1 Å². The fourth-order valence-electron chi connectivity index (χ4n) is 2.57. The first-order chi connectivity index (χ1) is 9.70. The van der Waals surface area contributed by atoms with Crippen LogP contribution in [0.15, 0.2) is 18.2 Å². The van der Waals surface area contributed by atoms with E-state index in [0.717, 1.165) is 49.6 Å². The Kier molecular flexibility index (Phi) is 5.80. The predicted octanol–water partition coefficient (Wildman–Crippen LogP) is 2.80. The van der Waals surface area contributed by atoms with Gasteiger partial charge < -0.3 is 15.0 Å². The molecular formula is C16H25FN2O. The third-order valence-electron chi connectivity index (χ3n) is 3.95. The van der Waals surface area contributed by atoms with Gasteiger partial charge in [0, 0.05) is 33.3 Å². The third kappa shape index (κ3) is 4.18. The molecule has 0 amide bonds. The van der Waals surface area contributed by atoms with E-state index in [4.69, 9.17) is 4.74 Å². The van der Waals surface area contributed by atoms with Gasteiger partial charge in [-0.05, 0) is 36.5 Å². The largest absolute Gasteiger partial charge is 0.383 e. The monoisotopic (exact) mass is 280 g/mol. The molecule has 1 saturated heterocycles. The molecule has 2 rings (SSSR count). The summed E-state index contributed by atoms with van der Waals surface area (Å²) in [6.07, 6.45) is 2.31. The topological polar surface area (TPSA) is 24.5 Å². The van der Waals surface area contributed by atoms with Crippen LogP contribution < -0.4 is 10.2 Å². The Morgan fingerprint density at radius 3 is 2.75 bits per heavy atom. The van der Waals surface area contributed by atoms with Gasteiger partial charge in [-0.3, -0.25) is 0 Å². The maximum atomic E-state index is 14.2. The Balaban J connectivity index is 1.92. The Morgan fingerprint density at radius 1 is 1.35 bits per heavy atom. The van der Waals surface area contributed by atoms with E-state index in [1.165, 1.54) is 0 Å². The van der Waals surface area contributed by atoms with Gasteiger partial charge in [-0.2, -0.15) is 0 Å². The number of rotatable bonds is 6. The fourth-order valence-corrected chi connectivity index (χ4v) is 2.57. The van der Waals surface area contributed by atoms with Crippen LogP contribution in [0.1, 0.15) is 25.3 Å². The molecule has 0 atom stereocenters. The first-order valence-corrected chi connectivity index (χ1v) is 7.43. The van der Waals surface area contributed by atoms with Gasteiger partial charge in [-0.15, -0.1) is 0 Å². The molecule has 4 heteroatoms. The minimum Gasteiger partial charge on any atom is -0.383 e. The number of nitrogens with zero attached hydrogens (tertiary/aromatic N) is 1. The highest BCUT2D eigenvalue weighted by atomic mass is 19.1. The van der Waals surface area contributed by atoms with Crippen molar-refractivity contribution in [2.24, 2.45) is 5.92 Å². The van der Waals surface area contributed by atoms with Crippen molar-refractivity contribution in [1.82, 2.24) is 5.32 Å². The lowest BCUT2D eigenvalue weighted by molar-refractivity contribution is 0.199. The lowest BCUT2D eigenvalue weighted by Gasteiger charge is -2.32. The zero-order valence-corrected chi connectivity index (χ0v) is 12.5. The number of ether oxygens (including phenoxy) is 1. The zero-order valence-electron chi connectivity index (χ0n) is 12.5. The highest BCUT2D eigenvalue weighted by molar-refractivity contribution is 5.49. The molecule has 1 aliphatic rings. The number of piperidine rings is 1. The molecule has 0 aliphatic carbocycles. The maximum Gasteiger partial charge on any atom is 0.146 e. The van der Waals surface area contributed by atoms with Crippen LogP contribution in [-0.4, -0.2) is 33.4 Å². The number of benzene rings is 1. The number of nitrogens with one attached hydrogen (secondary N) is 1. The third-order valence-corrected chi connectivity index (χ3v) is 3.95. The van der Waals surface area contributed by atoms with Gasteiger partial charge in [0.1, 0.15) is 5.82 Å². The van der Waals surface area contributed by atoms with Crippen molar-refractivity contribution in [1.29, 1.82) is 0 Å². The van der Waals surface area contributed by atoms with Crippen LogP contribution >= 0.6 is 0 Å². The first kappa shape index (κ1) is 15.3. The second-order valence-electron chi connectivity index (χ2n) is 5.62. The van der Waals surface area contributed by atoms with E-state index in [1.54, 1.807) is 13.2 Å². The number of anilines is 1. The molecule has 0 saturated carbocycles. The van der Waals surface area contributed by atoms with Crippen molar-refractivity contribution in [3.8, 4) is 0 Å². The van der Waals surface area contributed by atoms with Crippen molar-refractivity contribution < 1.29 is 9.13 Å². The Morgan fingerprint density at radius 2 is 2.10 bits per heavy atom. The summed E-state index contributed by atoms with van der Waals surface area (Å²) in [5.41, 5.74) is 1.73. The number of halogens is 1. The molecule has 20 heavy (non-hydrogen) atoms. The molecule has 0 radical (unpaired) electrons. The maximum absolute atomic E-state index is 14.2. The minimum absolute atomic E-state index is 0.106. The molecule has 0 bridgehead atoms. The SMILES string of the molecule is COCCNCc1ccc(N2CCC(C)CC2)c(F)c1. The fraction of sp³-hybridized carbons (Fsp3) is 0.625. The van der Waals surface area contributed by atoms with Crippen molar-refractivity contribution in [3.63, 3.8) is 0 Å². The highest BCUT2D eigenvalue weighted by Gasteiger charge is 2.18. The average molecular weight is 280 g/mol. The summed E-state index contributed by atoms with van der Waals surface area (Å²) in [5, 5.41) is 3.23. The van der Waals surface area contributed by atoms with Gasteiger partial charge >= 0.3 is 0 Å². The summed E-state index contributed by atoms with van der Waals surface area (Å²) < 4.78 is 19.2. The molecule has 0 unspecified atom stereocenters. The smallest absolute Gasteiger partial charge is 0.146 e. The number of hydrogen-bond donors (Lipinski definition) is 1. The molecule has 1 aromatic carbocycles. The van der Waals surface area contributed by atoms with Gasteiger partial charge in [0.05, 0.1) is 12.3 Å². The van der Waals surface area contributed by atoms with Crippen LogP contribution in [0.3, 0.4) is 0 Å². The molecule has 1 N–H and O–H groups in total. The average Bonchev–Trinajstić information content (AvgIpc) is 2.45. The standard InChI is InChI=1S/C16H25FN2O/c1-13-5-8-19(9-6-13)16-4-3-14(11-15(16)17)12-18-7-10-20-2/h3-4,11,13,18H,5-10,12H2,1-2H3.